The molecule has 3 heteroatoms. The second kappa shape index (κ2) is 8.65. The van der Waals surface area contributed by atoms with Crippen LogP contribution in [0.25, 0.3) is 6.08 Å². The van der Waals surface area contributed by atoms with Crippen molar-refractivity contribution >= 4 is 43.7 Å². The van der Waals surface area contributed by atoms with E-state index in [2.05, 4.69) is 56.1 Å². The summed E-state index contributed by atoms with van der Waals surface area (Å²) < 4.78 is 0.945. The molecule has 98 valence electrons. The van der Waals surface area contributed by atoms with Gasteiger partial charge in [0.2, 0.25) is 0 Å². The summed E-state index contributed by atoms with van der Waals surface area (Å²) in [6.07, 6.45) is 6.54. The van der Waals surface area contributed by atoms with Crippen molar-refractivity contribution in [3.63, 3.8) is 0 Å². The van der Waals surface area contributed by atoms with Gasteiger partial charge in [-0.05, 0) is 68.3 Å². The average molecular weight is 374 g/mol. The van der Waals surface area contributed by atoms with E-state index < -0.39 is 0 Å². The third-order valence-corrected chi connectivity index (χ3v) is 3.25. The smallest absolute Gasteiger partial charge is 0.132 e. The number of benzene rings is 1. The number of carbonyl (C=O) groups is 1. The number of ketones is 1. The molecule has 0 aliphatic carbocycles. The topological polar surface area (TPSA) is 17.1 Å². The van der Waals surface area contributed by atoms with Crippen LogP contribution in [0.15, 0.2) is 27.7 Å². The van der Waals surface area contributed by atoms with Gasteiger partial charge < -0.3 is 0 Å². The molecule has 1 nitrogen and oxygen atoms in total. The van der Waals surface area contributed by atoms with E-state index >= 15 is 0 Å². The first-order chi connectivity index (χ1) is 8.61. The Kier molecular flexibility index (Phi) is 7.52. The maximum Gasteiger partial charge on any atom is 0.132 e. The molecule has 0 atom stereocenters. The summed E-state index contributed by atoms with van der Waals surface area (Å²) in [7, 11) is 0. The summed E-state index contributed by atoms with van der Waals surface area (Å²) in [6.45, 7) is 1.93. The Labute approximate surface area is 126 Å². The molecule has 0 saturated heterocycles. The van der Waals surface area contributed by atoms with Crippen LogP contribution in [-0.4, -0.2) is 5.78 Å². The minimum absolute atomic E-state index is 0.370. The van der Waals surface area contributed by atoms with Gasteiger partial charge in [-0.1, -0.05) is 31.2 Å². The highest BCUT2D eigenvalue weighted by Crippen LogP contribution is 2.19. The fraction of sp³-hybridized carbons (Fsp3) is 0.400. The Morgan fingerprint density at radius 3 is 2.72 bits per heavy atom. The monoisotopic (exact) mass is 372 g/mol. The third-order valence-electron chi connectivity index (χ3n) is 2.79. The molecule has 0 amide bonds. The SMILES string of the molecule is CCC(=O)CCCCc1cccc(C=C(Br)Br)c1. The zero-order chi connectivity index (χ0) is 13.4. The zero-order valence-electron chi connectivity index (χ0n) is 10.6. The molecule has 0 aromatic heterocycles. The summed E-state index contributed by atoms with van der Waals surface area (Å²) in [5.74, 6) is 0.370. The van der Waals surface area contributed by atoms with Crippen molar-refractivity contribution in [3.05, 3.63) is 38.8 Å². The Bertz CT molecular complexity index is 420. The lowest BCUT2D eigenvalue weighted by atomic mass is 10.0. The molecule has 18 heavy (non-hydrogen) atoms. The molecule has 0 aliphatic heterocycles. The molecule has 0 radical (unpaired) electrons. The highest BCUT2D eigenvalue weighted by molar-refractivity contribution is 9.28. The molecule has 0 saturated carbocycles. The number of hydrogen-bond donors (Lipinski definition) is 0. The van der Waals surface area contributed by atoms with Gasteiger partial charge in [0, 0.05) is 12.8 Å². The van der Waals surface area contributed by atoms with E-state index in [1.54, 1.807) is 0 Å². The fourth-order valence-electron chi connectivity index (χ4n) is 1.79. The Balaban J connectivity index is 2.43. The molecule has 0 bridgehead atoms. The van der Waals surface area contributed by atoms with E-state index in [1.807, 2.05) is 13.0 Å². The highest BCUT2D eigenvalue weighted by Gasteiger charge is 1.99. The third kappa shape index (κ3) is 6.50. The van der Waals surface area contributed by atoms with E-state index in [9.17, 15) is 4.79 Å². The van der Waals surface area contributed by atoms with Crippen molar-refractivity contribution in [2.75, 3.05) is 0 Å². The van der Waals surface area contributed by atoms with E-state index in [1.165, 1.54) is 11.1 Å². The number of Topliss-reactive ketones (excluding diaryl/α,β-unsaturated/α-hetero) is 1. The Morgan fingerprint density at radius 1 is 1.28 bits per heavy atom. The first-order valence-electron chi connectivity index (χ1n) is 6.25. The Hall–Kier alpha value is -0.410. The van der Waals surface area contributed by atoms with Crippen molar-refractivity contribution in [2.45, 2.75) is 39.0 Å². The van der Waals surface area contributed by atoms with Crippen molar-refractivity contribution in [1.29, 1.82) is 0 Å². The van der Waals surface area contributed by atoms with Gasteiger partial charge in [0.15, 0.2) is 0 Å². The van der Waals surface area contributed by atoms with Crippen LogP contribution in [0.4, 0.5) is 0 Å². The van der Waals surface area contributed by atoms with Gasteiger partial charge in [-0.15, -0.1) is 0 Å². The van der Waals surface area contributed by atoms with Gasteiger partial charge in [-0.25, -0.2) is 0 Å². The zero-order valence-corrected chi connectivity index (χ0v) is 13.8. The maximum absolute atomic E-state index is 11.2. The quantitative estimate of drug-likeness (QED) is 0.579. The van der Waals surface area contributed by atoms with Crippen LogP contribution < -0.4 is 0 Å². The van der Waals surface area contributed by atoms with E-state index in [0.29, 0.717) is 12.2 Å². The van der Waals surface area contributed by atoms with Gasteiger partial charge in [0.25, 0.3) is 0 Å². The molecule has 0 fully saturated rings. The normalized spacial score (nSPS) is 10.2. The van der Waals surface area contributed by atoms with Crippen molar-refractivity contribution in [2.24, 2.45) is 0 Å². The van der Waals surface area contributed by atoms with Gasteiger partial charge in [0.05, 0.1) is 3.39 Å². The maximum atomic E-state index is 11.2. The lowest BCUT2D eigenvalue weighted by Crippen LogP contribution is -1.95. The van der Waals surface area contributed by atoms with Crippen LogP contribution in [0.2, 0.25) is 0 Å². The first kappa shape index (κ1) is 15.6. The average Bonchev–Trinajstić information content (AvgIpc) is 2.34. The van der Waals surface area contributed by atoms with E-state index in [4.69, 9.17) is 0 Å². The molecule has 1 aromatic rings. The summed E-state index contributed by atoms with van der Waals surface area (Å²) in [4.78, 5) is 11.2. The van der Waals surface area contributed by atoms with E-state index in [0.717, 1.165) is 29.1 Å². The van der Waals surface area contributed by atoms with Gasteiger partial charge in [-0.2, -0.15) is 0 Å². The van der Waals surface area contributed by atoms with Crippen LogP contribution in [0.5, 0.6) is 0 Å². The number of halogens is 2. The number of carbonyl (C=O) groups excluding carboxylic acids is 1. The number of hydrogen-bond acceptors (Lipinski definition) is 1. The molecule has 1 aromatic carbocycles. The minimum Gasteiger partial charge on any atom is -0.300 e. The highest BCUT2D eigenvalue weighted by atomic mass is 79.9. The standard InChI is InChI=1S/C15H18Br2O/c1-2-14(18)9-4-3-6-12-7-5-8-13(10-12)11-15(16)17/h5,7-8,10-11H,2-4,6,9H2,1H3. The first-order valence-corrected chi connectivity index (χ1v) is 7.83. The molecule has 0 aliphatic rings. The minimum atomic E-state index is 0.370. The van der Waals surface area contributed by atoms with Gasteiger partial charge in [-0.3, -0.25) is 4.79 Å². The van der Waals surface area contributed by atoms with Crippen LogP contribution in [-0.2, 0) is 11.2 Å². The second-order valence-electron chi connectivity index (χ2n) is 4.28. The van der Waals surface area contributed by atoms with Gasteiger partial charge >= 0.3 is 0 Å². The number of aryl methyl sites for hydroxylation is 1. The molecule has 1 rings (SSSR count). The summed E-state index contributed by atoms with van der Waals surface area (Å²) >= 11 is 6.73. The van der Waals surface area contributed by atoms with Crippen molar-refractivity contribution in [3.8, 4) is 0 Å². The molecular formula is C15H18Br2O. The van der Waals surface area contributed by atoms with Crippen LogP contribution in [0.3, 0.4) is 0 Å². The van der Waals surface area contributed by atoms with Gasteiger partial charge in [0.1, 0.15) is 5.78 Å². The largest absolute Gasteiger partial charge is 0.300 e. The summed E-state index contributed by atoms with van der Waals surface area (Å²) in [5.41, 5.74) is 2.51. The second-order valence-corrected chi connectivity index (χ2v) is 7.05. The number of rotatable bonds is 7. The van der Waals surface area contributed by atoms with E-state index in [-0.39, 0.29) is 0 Å². The van der Waals surface area contributed by atoms with Crippen molar-refractivity contribution in [1.82, 2.24) is 0 Å². The lowest BCUT2D eigenvalue weighted by molar-refractivity contribution is -0.118. The van der Waals surface area contributed by atoms with Crippen LogP contribution in [0.1, 0.15) is 43.7 Å². The summed E-state index contributed by atoms with van der Waals surface area (Å²) in [6, 6.07) is 8.47. The molecular weight excluding hydrogens is 356 g/mol. The van der Waals surface area contributed by atoms with Crippen molar-refractivity contribution < 1.29 is 4.79 Å². The predicted molar refractivity (Wildman–Crippen MR) is 85.1 cm³/mol. The molecule has 0 unspecified atom stereocenters. The Morgan fingerprint density at radius 2 is 2.06 bits per heavy atom. The van der Waals surface area contributed by atoms with Crippen LogP contribution in [0, 0.1) is 0 Å². The number of unbranched alkanes of at least 4 members (excludes halogenated alkanes) is 1. The van der Waals surface area contributed by atoms with Crippen LogP contribution >= 0.6 is 31.9 Å². The fourth-order valence-corrected chi connectivity index (χ4v) is 2.32. The predicted octanol–water partition coefficient (Wildman–Crippen LogP) is 5.47. The summed E-state index contributed by atoms with van der Waals surface area (Å²) in [5, 5.41) is 0. The molecule has 0 spiro atoms. The molecule has 0 heterocycles. The molecule has 0 N–H and O–H groups in total. The lowest BCUT2D eigenvalue weighted by Gasteiger charge is -2.03.